The van der Waals surface area contributed by atoms with E-state index in [9.17, 15) is 19.5 Å². The van der Waals surface area contributed by atoms with Gasteiger partial charge >= 0.3 is 5.97 Å². The van der Waals surface area contributed by atoms with Crippen LogP contribution in [0.15, 0.2) is 18.2 Å². The summed E-state index contributed by atoms with van der Waals surface area (Å²) < 4.78 is 0. The molecule has 2 fully saturated rings. The van der Waals surface area contributed by atoms with Crippen LogP contribution in [0.1, 0.15) is 56.1 Å². The van der Waals surface area contributed by atoms with E-state index in [-0.39, 0.29) is 18.2 Å². The number of rotatable bonds is 4. The van der Waals surface area contributed by atoms with E-state index in [0.29, 0.717) is 19.4 Å². The minimum absolute atomic E-state index is 0.0684. The zero-order valence-corrected chi connectivity index (χ0v) is 15.5. The van der Waals surface area contributed by atoms with Crippen LogP contribution < -0.4 is 10.2 Å². The van der Waals surface area contributed by atoms with Crippen molar-refractivity contribution in [2.75, 3.05) is 11.4 Å². The lowest BCUT2D eigenvalue weighted by molar-refractivity contribution is -0.149. The van der Waals surface area contributed by atoms with Crippen molar-refractivity contribution in [3.05, 3.63) is 29.3 Å². The molecule has 1 saturated heterocycles. The van der Waals surface area contributed by atoms with Crippen LogP contribution >= 0.6 is 0 Å². The Kier molecular flexibility index (Phi) is 4.66. The monoisotopic (exact) mass is 370 g/mol. The van der Waals surface area contributed by atoms with E-state index >= 15 is 0 Å². The quantitative estimate of drug-likeness (QED) is 0.852. The molecule has 1 heterocycles. The second kappa shape index (κ2) is 6.98. The summed E-state index contributed by atoms with van der Waals surface area (Å²) in [5, 5.41) is 12.5. The molecule has 1 saturated carbocycles. The highest BCUT2D eigenvalue weighted by molar-refractivity contribution is 6.01. The maximum Gasteiger partial charge on any atom is 0.329 e. The van der Waals surface area contributed by atoms with Crippen LogP contribution in [0.4, 0.5) is 5.69 Å². The van der Waals surface area contributed by atoms with Crippen molar-refractivity contribution in [2.45, 2.75) is 63.3 Å². The van der Waals surface area contributed by atoms with Gasteiger partial charge in [-0.2, -0.15) is 0 Å². The van der Waals surface area contributed by atoms with Crippen LogP contribution in [0.3, 0.4) is 0 Å². The van der Waals surface area contributed by atoms with Crippen LogP contribution in [0.2, 0.25) is 0 Å². The highest BCUT2D eigenvalue weighted by atomic mass is 16.4. The van der Waals surface area contributed by atoms with Crippen molar-refractivity contribution in [1.29, 1.82) is 0 Å². The SMILES string of the molecule is O=C(NC1(C(=O)O)CCCCC1)C1CC(=O)N(c2ccc3c(c2)CCC3)C1. The smallest absolute Gasteiger partial charge is 0.329 e. The second-order valence-corrected chi connectivity index (χ2v) is 8.15. The Hall–Kier alpha value is -2.37. The maximum atomic E-state index is 12.8. The molecule has 1 aromatic rings. The van der Waals surface area contributed by atoms with E-state index in [4.69, 9.17) is 0 Å². The lowest BCUT2D eigenvalue weighted by Crippen LogP contribution is -2.57. The average Bonchev–Trinajstić information content (AvgIpc) is 3.28. The van der Waals surface area contributed by atoms with Gasteiger partial charge in [0.1, 0.15) is 5.54 Å². The largest absolute Gasteiger partial charge is 0.480 e. The molecule has 4 rings (SSSR count). The third-order valence-corrected chi connectivity index (χ3v) is 6.37. The molecule has 0 bridgehead atoms. The Morgan fingerprint density at radius 1 is 1.07 bits per heavy atom. The molecule has 0 spiro atoms. The molecular formula is C21H26N2O4. The van der Waals surface area contributed by atoms with E-state index in [1.165, 1.54) is 11.1 Å². The Bertz CT molecular complexity index is 782. The normalized spacial score (nSPS) is 23.9. The van der Waals surface area contributed by atoms with Crippen molar-refractivity contribution < 1.29 is 19.5 Å². The molecular weight excluding hydrogens is 344 g/mol. The Morgan fingerprint density at radius 3 is 2.56 bits per heavy atom. The highest BCUT2D eigenvalue weighted by Gasteiger charge is 2.44. The van der Waals surface area contributed by atoms with E-state index in [0.717, 1.165) is 44.2 Å². The molecule has 0 aromatic heterocycles. The average molecular weight is 370 g/mol. The first-order valence-electron chi connectivity index (χ1n) is 9.96. The third-order valence-electron chi connectivity index (χ3n) is 6.37. The fraction of sp³-hybridized carbons (Fsp3) is 0.571. The fourth-order valence-electron chi connectivity index (χ4n) is 4.74. The van der Waals surface area contributed by atoms with Crippen LogP contribution in [0.5, 0.6) is 0 Å². The van der Waals surface area contributed by atoms with Crippen molar-refractivity contribution in [3.8, 4) is 0 Å². The molecule has 27 heavy (non-hydrogen) atoms. The molecule has 2 amide bonds. The van der Waals surface area contributed by atoms with E-state index in [1.807, 2.05) is 6.07 Å². The predicted molar refractivity (Wildman–Crippen MR) is 101 cm³/mol. The number of hydrogen-bond donors (Lipinski definition) is 2. The lowest BCUT2D eigenvalue weighted by Gasteiger charge is -2.34. The Balaban J connectivity index is 1.47. The summed E-state index contributed by atoms with van der Waals surface area (Å²) in [4.78, 5) is 38.8. The standard InChI is InChI=1S/C21H26N2O4/c24-18-12-16(19(25)22-21(20(26)27)9-2-1-3-10-21)13-23(18)17-8-7-14-5-4-6-15(14)11-17/h7-8,11,16H,1-6,9-10,12-13H2,(H,22,25)(H,26,27). The minimum atomic E-state index is -1.17. The van der Waals surface area contributed by atoms with Gasteiger partial charge in [0.15, 0.2) is 0 Å². The van der Waals surface area contributed by atoms with Gasteiger partial charge in [0, 0.05) is 18.7 Å². The number of benzene rings is 1. The summed E-state index contributed by atoms with van der Waals surface area (Å²) in [5.74, 6) is -1.84. The predicted octanol–water partition coefficient (Wildman–Crippen LogP) is 2.43. The third kappa shape index (κ3) is 3.33. The highest BCUT2D eigenvalue weighted by Crippen LogP contribution is 2.32. The first kappa shape index (κ1) is 18.0. The number of fused-ring (bicyclic) bond motifs is 1. The van der Waals surface area contributed by atoms with Gasteiger partial charge in [-0.15, -0.1) is 0 Å². The number of amides is 2. The number of nitrogens with one attached hydrogen (secondary N) is 1. The number of carboxylic acid groups (broad SMARTS) is 1. The summed E-state index contributed by atoms with van der Waals surface area (Å²) in [7, 11) is 0. The number of carbonyl (C=O) groups excluding carboxylic acids is 2. The number of hydrogen-bond acceptors (Lipinski definition) is 3. The molecule has 2 aliphatic carbocycles. The number of anilines is 1. The summed E-state index contributed by atoms with van der Waals surface area (Å²) in [6.07, 6.45) is 6.94. The van der Waals surface area contributed by atoms with Gasteiger partial charge in [-0.25, -0.2) is 4.79 Å². The molecule has 3 aliphatic rings. The van der Waals surface area contributed by atoms with Gasteiger partial charge in [-0.3, -0.25) is 9.59 Å². The number of carbonyl (C=O) groups is 3. The number of carboxylic acids is 1. The van der Waals surface area contributed by atoms with Crippen molar-refractivity contribution in [2.24, 2.45) is 5.92 Å². The van der Waals surface area contributed by atoms with Gasteiger partial charge in [0.2, 0.25) is 11.8 Å². The molecule has 1 atom stereocenters. The minimum Gasteiger partial charge on any atom is -0.480 e. The zero-order valence-electron chi connectivity index (χ0n) is 15.5. The Morgan fingerprint density at radius 2 is 1.81 bits per heavy atom. The van der Waals surface area contributed by atoms with E-state index in [1.54, 1.807) is 4.90 Å². The molecule has 6 nitrogen and oxygen atoms in total. The molecule has 6 heteroatoms. The number of aliphatic carboxylic acids is 1. The first-order valence-corrected chi connectivity index (χ1v) is 9.96. The van der Waals surface area contributed by atoms with Crippen molar-refractivity contribution in [1.82, 2.24) is 5.32 Å². The van der Waals surface area contributed by atoms with Gasteiger partial charge in [0.05, 0.1) is 5.92 Å². The van der Waals surface area contributed by atoms with Crippen molar-refractivity contribution in [3.63, 3.8) is 0 Å². The van der Waals surface area contributed by atoms with Gasteiger partial charge in [-0.1, -0.05) is 25.3 Å². The fourth-order valence-corrected chi connectivity index (χ4v) is 4.74. The van der Waals surface area contributed by atoms with Gasteiger partial charge in [0.25, 0.3) is 0 Å². The maximum absolute atomic E-state index is 12.8. The summed E-state index contributed by atoms with van der Waals surface area (Å²) >= 11 is 0. The molecule has 1 unspecified atom stereocenters. The molecule has 1 aliphatic heterocycles. The second-order valence-electron chi connectivity index (χ2n) is 8.15. The van der Waals surface area contributed by atoms with E-state index < -0.39 is 17.4 Å². The molecule has 0 radical (unpaired) electrons. The first-order chi connectivity index (χ1) is 13.0. The van der Waals surface area contributed by atoms with Crippen molar-refractivity contribution >= 4 is 23.5 Å². The number of nitrogens with zero attached hydrogens (tertiary/aromatic N) is 1. The Labute approximate surface area is 158 Å². The van der Waals surface area contributed by atoms with Gasteiger partial charge in [-0.05, 0) is 55.4 Å². The topological polar surface area (TPSA) is 86.7 Å². The van der Waals surface area contributed by atoms with Crippen LogP contribution in [0.25, 0.3) is 0 Å². The van der Waals surface area contributed by atoms with Gasteiger partial charge < -0.3 is 15.3 Å². The zero-order chi connectivity index (χ0) is 19.0. The summed E-state index contributed by atoms with van der Waals surface area (Å²) in [5.41, 5.74) is 2.32. The van der Waals surface area contributed by atoms with Crippen LogP contribution in [-0.4, -0.2) is 35.0 Å². The number of aryl methyl sites for hydroxylation is 2. The van der Waals surface area contributed by atoms with E-state index in [2.05, 4.69) is 17.4 Å². The summed E-state index contributed by atoms with van der Waals surface area (Å²) in [6, 6.07) is 6.11. The van der Waals surface area contributed by atoms with Crippen LogP contribution in [-0.2, 0) is 27.2 Å². The van der Waals surface area contributed by atoms with Crippen LogP contribution in [0, 0.1) is 5.92 Å². The summed E-state index contributed by atoms with van der Waals surface area (Å²) in [6.45, 7) is 0.319. The molecule has 2 N–H and O–H groups in total. The molecule has 144 valence electrons. The lowest BCUT2D eigenvalue weighted by atomic mass is 9.81. The molecule has 1 aromatic carbocycles.